The fraction of sp³-hybridized carbons (Fsp3) is 0.286. The predicted molar refractivity (Wildman–Crippen MR) is 107 cm³/mol. The maximum Gasteiger partial charge on any atom is 0.263 e. The first kappa shape index (κ1) is 19.9. The van der Waals surface area contributed by atoms with E-state index in [1.54, 1.807) is 13.1 Å². The average Bonchev–Trinajstić information content (AvgIpc) is 3.15. The summed E-state index contributed by atoms with van der Waals surface area (Å²) < 4.78 is 11.1. The number of rotatable bonds is 7. The van der Waals surface area contributed by atoms with Crippen molar-refractivity contribution in [2.24, 2.45) is 0 Å². The van der Waals surface area contributed by atoms with Gasteiger partial charge in [0.25, 0.3) is 5.91 Å². The molecule has 146 valence electrons. The van der Waals surface area contributed by atoms with Gasteiger partial charge in [-0.1, -0.05) is 53.5 Å². The molecule has 0 aliphatic heterocycles. The standard InChI is InChI=1S/C21H22ClN3O3/c1-4-18(27-15-11-9-14(2)10-12-15)21(26)25(3)13-19-23-20(24-28-19)16-7-5-6-8-17(16)22/h5-12,18H,4,13H2,1-3H3/t18-/m1/s1. The Labute approximate surface area is 169 Å². The number of ether oxygens (including phenoxy) is 1. The third kappa shape index (κ3) is 4.70. The number of aryl methyl sites for hydroxylation is 1. The lowest BCUT2D eigenvalue weighted by Gasteiger charge is -2.22. The molecule has 0 saturated carbocycles. The number of benzene rings is 2. The van der Waals surface area contributed by atoms with Gasteiger partial charge >= 0.3 is 0 Å². The highest BCUT2D eigenvalue weighted by Gasteiger charge is 2.24. The van der Waals surface area contributed by atoms with Gasteiger partial charge in [0.05, 0.1) is 11.6 Å². The molecule has 0 aliphatic rings. The number of carbonyl (C=O) groups is 1. The average molecular weight is 400 g/mol. The molecule has 1 amide bonds. The second kappa shape index (κ2) is 8.89. The molecule has 0 unspecified atom stereocenters. The maximum absolute atomic E-state index is 12.8. The van der Waals surface area contributed by atoms with Crippen molar-refractivity contribution >= 4 is 17.5 Å². The van der Waals surface area contributed by atoms with Crippen LogP contribution in [0.2, 0.25) is 5.02 Å². The number of likely N-dealkylation sites (N-methyl/N-ethyl adjacent to an activating group) is 1. The lowest BCUT2D eigenvalue weighted by atomic mass is 10.2. The summed E-state index contributed by atoms with van der Waals surface area (Å²) in [6.07, 6.45) is -0.0372. The quantitative estimate of drug-likeness (QED) is 0.584. The topological polar surface area (TPSA) is 68.5 Å². The minimum Gasteiger partial charge on any atom is -0.481 e. The Morgan fingerprint density at radius 2 is 1.93 bits per heavy atom. The zero-order valence-electron chi connectivity index (χ0n) is 16.1. The number of hydrogen-bond acceptors (Lipinski definition) is 5. The van der Waals surface area contributed by atoms with Crippen molar-refractivity contribution in [2.45, 2.75) is 32.9 Å². The maximum atomic E-state index is 12.8. The summed E-state index contributed by atoms with van der Waals surface area (Å²) in [5.41, 5.74) is 1.82. The van der Waals surface area contributed by atoms with E-state index in [1.165, 1.54) is 4.90 Å². The van der Waals surface area contributed by atoms with Gasteiger partial charge in [0.2, 0.25) is 11.7 Å². The van der Waals surface area contributed by atoms with Crippen LogP contribution in [-0.2, 0) is 11.3 Å². The zero-order valence-corrected chi connectivity index (χ0v) is 16.8. The van der Waals surface area contributed by atoms with Gasteiger partial charge in [-0.05, 0) is 37.6 Å². The molecule has 7 heteroatoms. The predicted octanol–water partition coefficient (Wildman–Crippen LogP) is 4.51. The van der Waals surface area contributed by atoms with E-state index in [0.29, 0.717) is 34.5 Å². The van der Waals surface area contributed by atoms with Crippen LogP contribution in [0.1, 0.15) is 24.8 Å². The first-order valence-corrected chi connectivity index (χ1v) is 9.41. The SMILES string of the molecule is CC[C@@H](Oc1ccc(C)cc1)C(=O)N(C)Cc1nc(-c2ccccc2Cl)no1. The number of amides is 1. The van der Waals surface area contributed by atoms with Crippen LogP contribution in [0.3, 0.4) is 0 Å². The van der Waals surface area contributed by atoms with E-state index in [4.69, 9.17) is 20.9 Å². The van der Waals surface area contributed by atoms with Crippen molar-refractivity contribution in [3.05, 3.63) is 65.0 Å². The van der Waals surface area contributed by atoms with Gasteiger partial charge < -0.3 is 14.2 Å². The number of aromatic nitrogens is 2. The summed E-state index contributed by atoms with van der Waals surface area (Å²) in [7, 11) is 1.68. The minimum absolute atomic E-state index is 0.152. The van der Waals surface area contributed by atoms with E-state index in [-0.39, 0.29) is 12.5 Å². The first-order chi connectivity index (χ1) is 13.5. The van der Waals surface area contributed by atoms with E-state index >= 15 is 0 Å². The Morgan fingerprint density at radius 3 is 2.61 bits per heavy atom. The van der Waals surface area contributed by atoms with Crippen molar-refractivity contribution in [3.63, 3.8) is 0 Å². The first-order valence-electron chi connectivity index (χ1n) is 9.03. The molecule has 3 aromatic rings. The van der Waals surface area contributed by atoms with Crippen molar-refractivity contribution in [1.29, 1.82) is 0 Å². The fourth-order valence-electron chi connectivity index (χ4n) is 2.69. The Bertz CT molecular complexity index is 940. The molecule has 0 spiro atoms. The Hall–Kier alpha value is -2.86. The van der Waals surface area contributed by atoms with Crippen molar-refractivity contribution in [2.75, 3.05) is 7.05 Å². The van der Waals surface area contributed by atoms with Crippen LogP contribution in [0.4, 0.5) is 0 Å². The molecule has 2 aromatic carbocycles. The van der Waals surface area contributed by atoms with Gasteiger partial charge in [0.15, 0.2) is 6.10 Å². The molecular weight excluding hydrogens is 378 g/mol. The summed E-state index contributed by atoms with van der Waals surface area (Å²) in [6, 6.07) is 14.9. The number of hydrogen-bond donors (Lipinski definition) is 0. The summed E-state index contributed by atoms with van der Waals surface area (Å²) in [5.74, 6) is 1.24. The molecule has 0 radical (unpaired) electrons. The summed E-state index contributed by atoms with van der Waals surface area (Å²) in [6.45, 7) is 4.10. The third-order valence-corrected chi connectivity index (χ3v) is 4.61. The second-order valence-electron chi connectivity index (χ2n) is 6.51. The molecular formula is C21H22ClN3O3. The van der Waals surface area contributed by atoms with Crippen molar-refractivity contribution in [1.82, 2.24) is 15.0 Å². The van der Waals surface area contributed by atoms with Gasteiger partial charge in [0, 0.05) is 12.6 Å². The van der Waals surface area contributed by atoms with Crippen molar-refractivity contribution in [3.8, 4) is 17.1 Å². The lowest BCUT2D eigenvalue weighted by molar-refractivity contribution is -0.138. The molecule has 0 fully saturated rings. The van der Waals surface area contributed by atoms with Crippen molar-refractivity contribution < 1.29 is 14.1 Å². The van der Waals surface area contributed by atoms with Crippen LogP contribution in [0, 0.1) is 6.92 Å². The van der Waals surface area contributed by atoms with Gasteiger partial charge in [-0.3, -0.25) is 4.79 Å². The minimum atomic E-state index is -0.585. The van der Waals surface area contributed by atoms with E-state index in [9.17, 15) is 4.79 Å². The van der Waals surface area contributed by atoms with Crippen LogP contribution < -0.4 is 4.74 Å². The smallest absolute Gasteiger partial charge is 0.263 e. The highest BCUT2D eigenvalue weighted by Crippen LogP contribution is 2.25. The number of carbonyl (C=O) groups excluding carboxylic acids is 1. The summed E-state index contributed by atoms with van der Waals surface area (Å²) in [5, 5.41) is 4.50. The molecule has 28 heavy (non-hydrogen) atoms. The van der Waals surface area contributed by atoms with Crippen LogP contribution in [0.5, 0.6) is 5.75 Å². The second-order valence-corrected chi connectivity index (χ2v) is 6.92. The van der Waals surface area contributed by atoms with E-state index < -0.39 is 6.10 Å². The van der Waals surface area contributed by atoms with E-state index in [1.807, 2.05) is 56.3 Å². The summed E-state index contributed by atoms with van der Waals surface area (Å²) >= 11 is 6.17. The van der Waals surface area contributed by atoms with Gasteiger partial charge in [-0.2, -0.15) is 4.98 Å². The molecule has 0 N–H and O–H groups in total. The largest absolute Gasteiger partial charge is 0.481 e. The number of halogens is 1. The fourth-order valence-corrected chi connectivity index (χ4v) is 2.91. The zero-order chi connectivity index (χ0) is 20.1. The van der Waals surface area contributed by atoms with E-state index in [2.05, 4.69) is 10.1 Å². The number of nitrogens with zero attached hydrogens (tertiary/aromatic N) is 3. The van der Waals surface area contributed by atoms with Gasteiger partial charge in [-0.25, -0.2) is 0 Å². The van der Waals surface area contributed by atoms with Crippen LogP contribution >= 0.6 is 11.6 Å². The van der Waals surface area contributed by atoms with E-state index in [0.717, 1.165) is 5.56 Å². The molecule has 0 aliphatic carbocycles. The highest BCUT2D eigenvalue weighted by atomic mass is 35.5. The summed E-state index contributed by atoms with van der Waals surface area (Å²) in [4.78, 5) is 18.6. The third-order valence-electron chi connectivity index (χ3n) is 4.28. The molecule has 1 heterocycles. The van der Waals surface area contributed by atoms with Gasteiger partial charge in [-0.15, -0.1) is 0 Å². The molecule has 3 rings (SSSR count). The van der Waals surface area contributed by atoms with Gasteiger partial charge in [0.1, 0.15) is 5.75 Å². The highest BCUT2D eigenvalue weighted by molar-refractivity contribution is 6.33. The Morgan fingerprint density at radius 1 is 1.21 bits per heavy atom. The Balaban J connectivity index is 1.66. The van der Waals surface area contributed by atoms with Crippen LogP contribution in [-0.4, -0.2) is 34.1 Å². The monoisotopic (exact) mass is 399 g/mol. The molecule has 0 bridgehead atoms. The Kier molecular flexibility index (Phi) is 6.31. The van der Waals surface area contributed by atoms with Crippen LogP contribution in [0.15, 0.2) is 53.1 Å². The molecule has 6 nitrogen and oxygen atoms in total. The molecule has 1 atom stereocenters. The normalized spacial score (nSPS) is 11.9. The lowest BCUT2D eigenvalue weighted by Crippen LogP contribution is -2.39. The van der Waals surface area contributed by atoms with Crippen LogP contribution in [0.25, 0.3) is 11.4 Å². The molecule has 1 aromatic heterocycles. The molecule has 0 saturated heterocycles.